The van der Waals surface area contributed by atoms with E-state index in [1.54, 1.807) is 29.7 Å². The summed E-state index contributed by atoms with van der Waals surface area (Å²) in [5.74, 6) is 0.777. The summed E-state index contributed by atoms with van der Waals surface area (Å²) in [7, 11) is 3.02. The Morgan fingerprint density at radius 1 is 0.968 bits per heavy atom. The summed E-state index contributed by atoms with van der Waals surface area (Å²) in [6.07, 6.45) is 0. The van der Waals surface area contributed by atoms with E-state index in [0.29, 0.717) is 34.2 Å². The summed E-state index contributed by atoms with van der Waals surface area (Å²) >= 11 is 1.29. The first-order chi connectivity index (χ1) is 15.0. The van der Waals surface area contributed by atoms with Gasteiger partial charge in [-0.2, -0.15) is 4.99 Å². The predicted octanol–water partition coefficient (Wildman–Crippen LogP) is 3.42. The van der Waals surface area contributed by atoms with Crippen molar-refractivity contribution in [3.63, 3.8) is 0 Å². The predicted molar refractivity (Wildman–Crippen MR) is 117 cm³/mol. The second-order valence-corrected chi connectivity index (χ2v) is 7.37. The van der Waals surface area contributed by atoms with Crippen LogP contribution in [0.2, 0.25) is 0 Å². The normalized spacial score (nSPS) is 11.4. The van der Waals surface area contributed by atoms with Gasteiger partial charge in [-0.1, -0.05) is 11.3 Å². The lowest BCUT2D eigenvalue weighted by atomic mass is 10.2. The molecule has 0 aliphatic rings. The van der Waals surface area contributed by atoms with Gasteiger partial charge in [0.25, 0.3) is 5.91 Å². The van der Waals surface area contributed by atoms with Gasteiger partial charge in [-0.05, 0) is 44.2 Å². The molecule has 2 aromatic carbocycles. The molecular weight excluding hydrogens is 420 g/mol. The lowest BCUT2D eigenvalue weighted by molar-refractivity contribution is -0.143. The lowest BCUT2D eigenvalue weighted by Gasteiger charge is -2.07. The SMILES string of the molecule is CCOC(=O)Cn1c(=NC(=O)c2cc(OC)cc(OC)c2)sc2cc(OCC)ccc21. The minimum absolute atomic E-state index is 0.0602. The fraction of sp³-hybridized carbons (Fsp3) is 0.318. The van der Waals surface area contributed by atoms with Gasteiger partial charge >= 0.3 is 5.97 Å². The van der Waals surface area contributed by atoms with E-state index in [1.165, 1.54) is 25.6 Å². The van der Waals surface area contributed by atoms with Gasteiger partial charge in [-0.3, -0.25) is 9.59 Å². The number of hydrogen-bond acceptors (Lipinski definition) is 7. The number of ether oxygens (including phenoxy) is 4. The molecule has 31 heavy (non-hydrogen) atoms. The smallest absolute Gasteiger partial charge is 0.326 e. The molecule has 0 N–H and O–H groups in total. The monoisotopic (exact) mass is 444 g/mol. The number of carbonyl (C=O) groups is 2. The molecule has 1 aromatic heterocycles. The van der Waals surface area contributed by atoms with Crippen LogP contribution >= 0.6 is 11.3 Å². The van der Waals surface area contributed by atoms with Gasteiger partial charge < -0.3 is 23.5 Å². The number of aromatic nitrogens is 1. The van der Waals surface area contributed by atoms with Crippen LogP contribution in [-0.2, 0) is 16.1 Å². The van der Waals surface area contributed by atoms with E-state index in [9.17, 15) is 9.59 Å². The van der Waals surface area contributed by atoms with Gasteiger partial charge in [0.05, 0.1) is 37.6 Å². The second kappa shape index (κ2) is 10.1. The molecule has 9 heteroatoms. The van der Waals surface area contributed by atoms with Crippen LogP contribution in [0.4, 0.5) is 0 Å². The standard InChI is InChI=1S/C22H24N2O6S/c1-5-29-15-7-8-18-19(12-15)31-22(24(18)13-20(25)30-6-2)23-21(26)14-9-16(27-3)11-17(10-14)28-4/h7-12H,5-6,13H2,1-4H3. The fourth-order valence-electron chi connectivity index (χ4n) is 2.97. The highest BCUT2D eigenvalue weighted by atomic mass is 32.1. The molecular formula is C22H24N2O6S. The van der Waals surface area contributed by atoms with Crippen molar-refractivity contribution in [1.82, 2.24) is 4.57 Å². The van der Waals surface area contributed by atoms with Crippen LogP contribution in [-0.4, -0.2) is 43.9 Å². The van der Waals surface area contributed by atoms with Gasteiger partial charge in [-0.25, -0.2) is 0 Å². The average molecular weight is 445 g/mol. The van der Waals surface area contributed by atoms with E-state index in [4.69, 9.17) is 18.9 Å². The number of hydrogen-bond donors (Lipinski definition) is 0. The van der Waals surface area contributed by atoms with E-state index < -0.39 is 11.9 Å². The van der Waals surface area contributed by atoms with Gasteiger partial charge in [0.15, 0.2) is 4.80 Å². The number of esters is 1. The van der Waals surface area contributed by atoms with Crippen LogP contribution in [0.5, 0.6) is 17.2 Å². The van der Waals surface area contributed by atoms with E-state index in [1.807, 2.05) is 25.1 Å². The molecule has 0 radical (unpaired) electrons. The number of nitrogens with zero attached hydrogens (tertiary/aromatic N) is 2. The minimum atomic E-state index is -0.480. The Kier molecular flexibility index (Phi) is 7.30. The number of thiazole rings is 1. The third-order valence-electron chi connectivity index (χ3n) is 4.35. The van der Waals surface area contributed by atoms with Crippen molar-refractivity contribution in [2.75, 3.05) is 27.4 Å². The van der Waals surface area contributed by atoms with Gasteiger partial charge in [-0.15, -0.1) is 0 Å². The minimum Gasteiger partial charge on any atom is -0.497 e. The Bertz CT molecular complexity index is 1140. The molecule has 3 rings (SSSR count). The molecule has 0 spiro atoms. The van der Waals surface area contributed by atoms with Crippen LogP contribution < -0.4 is 19.0 Å². The van der Waals surface area contributed by atoms with Crippen molar-refractivity contribution >= 4 is 33.4 Å². The van der Waals surface area contributed by atoms with E-state index in [2.05, 4.69) is 4.99 Å². The van der Waals surface area contributed by atoms with Gasteiger partial charge in [0, 0.05) is 11.6 Å². The molecule has 0 saturated heterocycles. The first-order valence-electron chi connectivity index (χ1n) is 9.73. The number of carbonyl (C=O) groups excluding carboxylic acids is 2. The van der Waals surface area contributed by atoms with Gasteiger partial charge in [0.2, 0.25) is 0 Å². The average Bonchev–Trinajstić information content (AvgIpc) is 3.09. The Labute approximate surface area is 183 Å². The highest BCUT2D eigenvalue weighted by Crippen LogP contribution is 2.25. The summed E-state index contributed by atoms with van der Waals surface area (Å²) < 4.78 is 23.6. The number of benzene rings is 2. The van der Waals surface area contributed by atoms with Crippen LogP contribution in [0.1, 0.15) is 24.2 Å². The largest absolute Gasteiger partial charge is 0.497 e. The number of methoxy groups -OCH3 is 2. The summed E-state index contributed by atoms with van der Waals surface area (Å²) in [5, 5.41) is 0. The van der Waals surface area contributed by atoms with Crippen molar-refractivity contribution < 1.29 is 28.5 Å². The molecule has 0 bridgehead atoms. The number of rotatable bonds is 8. The molecule has 0 unspecified atom stereocenters. The Balaban J connectivity index is 2.11. The highest BCUT2D eigenvalue weighted by molar-refractivity contribution is 7.16. The zero-order valence-electron chi connectivity index (χ0n) is 17.8. The third-order valence-corrected chi connectivity index (χ3v) is 5.39. The Morgan fingerprint density at radius 3 is 2.29 bits per heavy atom. The van der Waals surface area contributed by atoms with Crippen LogP contribution in [0, 0.1) is 0 Å². The Morgan fingerprint density at radius 2 is 1.68 bits per heavy atom. The summed E-state index contributed by atoms with van der Waals surface area (Å²) in [6, 6.07) is 10.4. The molecule has 0 aliphatic carbocycles. The van der Waals surface area contributed by atoms with Crippen molar-refractivity contribution in [2.24, 2.45) is 4.99 Å². The summed E-state index contributed by atoms with van der Waals surface area (Å²) in [5.41, 5.74) is 1.07. The van der Waals surface area contributed by atoms with Crippen molar-refractivity contribution in [1.29, 1.82) is 0 Å². The summed E-state index contributed by atoms with van der Waals surface area (Å²) in [6.45, 7) is 4.39. The maximum Gasteiger partial charge on any atom is 0.326 e. The topological polar surface area (TPSA) is 88.4 Å². The first-order valence-corrected chi connectivity index (χ1v) is 10.5. The number of fused-ring (bicyclic) bond motifs is 1. The van der Waals surface area contributed by atoms with Crippen molar-refractivity contribution in [3.05, 3.63) is 46.8 Å². The summed E-state index contributed by atoms with van der Waals surface area (Å²) in [4.78, 5) is 29.8. The maximum atomic E-state index is 12.9. The molecule has 164 valence electrons. The van der Waals surface area contributed by atoms with E-state index in [-0.39, 0.29) is 13.2 Å². The van der Waals surface area contributed by atoms with Crippen molar-refractivity contribution in [3.8, 4) is 17.2 Å². The van der Waals surface area contributed by atoms with Crippen molar-refractivity contribution in [2.45, 2.75) is 20.4 Å². The first kappa shape index (κ1) is 22.4. The lowest BCUT2D eigenvalue weighted by Crippen LogP contribution is -2.23. The molecule has 8 nitrogen and oxygen atoms in total. The van der Waals surface area contributed by atoms with Gasteiger partial charge in [0.1, 0.15) is 23.8 Å². The zero-order valence-corrected chi connectivity index (χ0v) is 18.7. The number of amides is 1. The molecule has 0 fully saturated rings. The Hall–Kier alpha value is -3.33. The third kappa shape index (κ3) is 5.24. The van der Waals surface area contributed by atoms with Crippen LogP contribution in [0.25, 0.3) is 10.2 Å². The fourth-order valence-corrected chi connectivity index (χ4v) is 4.02. The molecule has 0 atom stereocenters. The highest BCUT2D eigenvalue weighted by Gasteiger charge is 2.15. The molecule has 0 aliphatic heterocycles. The molecule has 0 saturated carbocycles. The van der Waals surface area contributed by atoms with Crippen LogP contribution in [0.15, 0.2) is 41.4 Å². The maximum absolute atomic E-state index is 12.9. The molecule has 1 heterocycles. The van der Waals surface area contributed by atoms with E-state index in [0.717, 1.165) is 10.2 Å². The van der Waals surface area contributed by atoms with E-state index >= 15 is 0 Å². The second-order valence-electron chi connectivity index (χ2n) is 6.36. The molecule has 3 aromatic rings. The molecule has 1 amide bonds. The zero-order chi connectivity index (χ0) is 22.4. The van der Waals surface area contributed by atoms with Crippen LogP contribution in [0.3, 0.4) is 0 Å². The quantitative estimate of drug-likeness (QED) is 0.495.